The zero-order chi connectivity index (χ0) is 14.0. The molecule has 1 fully saturated rings. The van der Waals surface area contributed by atoms with E-state index in [2.05, 4.69) is 36.8 Å². The molecular weight excluding hydrogens is 391 g/mol. The molecule has 1 aliphatic heterocycles. The third-order valence-corrected chi connectivity index (χ3v) is 4.37. The molecule has 1 heterocycles. The van der Waals surface area contributed by atoms with Crippen molar-refractivity contribution in [2.45, 2.75) is 12.2 Å². The monoisotopic (exact) mass is 401 g/mol. The van der Waals surface area contributed by atoms with E-state index in [-0.39, 0.29) is 6.04 Å². The number of hydrogen-bond acceptors (Lipinski definition) is 2. The highest BCUT2D eigenvalue weighted by molar-refractivity contribution is 9.10. The first kappa shape index (κ1) is 15.1. The summed E-state index contributed by atoms with van der Waals surface area (Å²) in [5.74, 6) is 0. The molecule has 0 bridgehead atoms. The molecule has 0 amide bonds. The van der Waals surface area contributed by atoms with Crippen molar-refractivity contribution in [3.05, 3.63) is 28.2 Å². The van der Waals surface area contributed by atoms with Gasteiger partial charge in [-0.1, -0.05) is 15.9 Å². The topological polar surface area (TPSA) is 12.5 Å². The van der Waals surface area contributed by atoms with Gasteiger partial charge in [0.25, 0.3) is 0 Å². The first-order valence-electron chi connectivity index (χ1n) is 5.70. The number of benzene rings is 1. The number of halogens is 5. The molecule has 0 aliphatic carbocycles. The molecule has 0 aromatic heterocycles. The Kier molecular flexibility index (Phi) is 4.79. The smallest absolute Gasteiger partial charge is 0.377 e. The van der Waals surface area contributed by atoms with Crippen molar-refractivity contribution >= 4 is 37.5 Å². The molecule has 1 unspecified atom stereocenters. The lowest BCUT2D eigenvalue weighted by Crippen LogP contribution is -2.46. The summed E-state index contributed by atoms with van der Waals surface area (Å²) in [6, 6.07) is 3.87. The van der Waals surface area contributed by atoms with Gasteiger partial charge in [-0.15, -0.1) is 0 Å². The van der Waals surface area contributed by atoms with Crippen LogP contribution in [0.5, 0.6) is 0 Å². The maximum atomic E-state index is 12.6. The van der Waals surface area contributed by atoms with Crippen LogP contribution in [-0.4, -0.2) is 31.1 Å². The Bertz CT molecular complexity index is 453. The molecule has 1 aliphatic rings. The zero-order valence-electron chi connectivity index (χ0n) is 9.88. The summed E-state index contributed by atoms with van der Waals surface area (Å²) in [5, 5.41) is 0.709. The number of hydrogen-bond donors (Lipinski definition) is 0. The highest BCUT2D eigenvalue weighted by Gasteiger charge is 2.32. The fraction of sp³-hybridized carbons (Fsp3) is 0.500. The van der Waals surface area contributed by atoms with Gasteiger partial charge in [0.15, 0.2) is 0 Å². The molecule has 1 saturated heterocycles. The van der Waals surface area contributed by atoms with Crippen LogP contribution in [0.4, 0.5) is 18.9 Å². The van der Waals surface area contributed by atoms with Crippen molar-refractivity contribution in [1.29, 1.82) is 0 Å². The number of alkyl halides is 4. The maximum Gasteiger partial charge on any atom is 0.416 e. The van der Waals surface area contributed by atoms with Crippen molar-refractivity contribution in [3.8, 4) is 0 Å². The van der Waals surface area contributed by atoms with Crippen LogP contribution in [0.2, 0.25) is 0 Å². The van der Waals surface area contributed by atoms with Crippen LogP contribution in [0.1, 0.15) is 5.56 Å². The van der Waals surface area contributed by atoms with Crippen molar-refractivity contribution in [1.82, 2.24) is 0 Å². The molecule has 2 nitrogen and oxygen atoms in total. The molecule has 0 spiro atoms. The van der Waals surface area contributed by atoms with Gasteiger partial charge in [-0.2, -0.15) is 13.2 Å². The highest BCUT2D eigenvalue weighted by Crippen LogP contribution is 2.36. The van der Waals surface area contributed by atoms with E-state index in [0.29, 0.717) is 29.6 Å². The van der Waals surface area contributed by atoms with Gasteiger partial charge >= 0.3 is 6.18 Å². The zero-order valence-corrected chi connectivity index (χ0v) is 13.1. The van der Waals surface area contributed by atoms with Gasteiger partial charge in [0.05, 0.1) is 30.5 Å². The highest BCUT2D eigenvalue weighted by atomic mass is 79.9. The van der Waals surface area contributed by atoms with E-state index >= 15 is 0 Å². The van der Waals surface area contributed by atoms with Crippen LogP contribution in [0.15, 0.2) is 22.7 Å². The molecule has 2 rings (SSSR count). The molecule has 7 heteroatoms. The van der Waals surface area contributed by atoms with Crippen molar-refractivity contribution in [3.63, 3.8) is 0 Å². The van der Waals surface area contributed by atoms with Crippen molar-refractivity contribution in [2.75, 3.05) is 30.0 Å². The number of morpholine rings is 1. The Morgan fingerprint density at radius 1 is 1.37 bits per heavy atom. The number of rotatable bonds is 2. The SMILES string of the molecule is FC(F)(F)c1ccc(N2CCOCC2CBr)c(Br)c1. The Hall–Kier alpha value is -0.270. The molecule has 106 valence electrons. The third-order valence-electron chi connectivity index (χ3n) is 2.99. The first-order valence-corrected chi connectivity index (χ1v) is 7.62. The quantitative estimate of drug-likeness (QED) is 0.691. The van der Waals surface area contributed by atoms with E-state index in [1.165, 1.54) is 6.07 Å². The maximum absolute atomic E-state index is 12.6. The van der Waals surface area contributed by atoms with E-state index in [1.807, 2.05) is 0 Å². The lowest BCUT2D eigenvalue weighted by Gasteiger charge is -2.37. The summed E-state index contributed by atoms with van der Waals surface area (Å²) < 4.78 is 43.7. The minimum atomic E-state index is -4.32. The lowest BCUT2D eigenvalue weighted by atomic mass is 10.1. The van der Waals surface area contributed by atoms with E-state index in [1.54, 1.807) is 0 Å². The average molecular weight is 403 g/mol. The molecular formula is C12H12Br2F3NO. The van der Waals surface area contributed by atoms with Crippen LogP contribution in [-0.2, 0) is 10.9 Å². The normalized spacial score (nSPS) is 20.7. The average Bonchev–Trinajstić information content (AvgIpc) is 2.37. The second-order valence-corrected chi connectivity index (χ2v) is 5.74. The predicted octanol–water partition coefficient (Wildman–Crippen LogP) is 4.07. The third kappa shape index (κ3) is 3.44. The van der Waals surface area contributed by atoms with E-state index < -0.39 is 11.7 Å². The fourth-order valence-electron chi connectivity index (χ4n) is 2.02. The predicted molar refractivity (Wildman–Crippen MR) is 74.9 cm³/mol. The van der Waals surface area contributed by atoms with Crippen molar-refractivity contribution < 1.29 is 17.9 Å². The summed E-state index contributed by atoms with van der Waals surface area (Å²) in [7, 11) is 0. The van der Waals surface area contributed by atoms with Gasteiger partial charge in [0.1, 0.15) is 0 Å². The second kappa shape index (κ2) is 6.01. The van der Waals surface area contributed by atoms with Gasteiger partial charge in [-0.25, -0.2) is 0 Å². The number of anilines is 1. The minimum Gasteiger partial charge on any atom is -0.377 e. The van der Waals surface area contributed by atoms with Crippen molar-refractivity contribution in [2.24, 2.45) is 0 Å². The minimum absolute atomic E-state index is 0.127. The van der Waals surface area contributed by atoms with Gasteiger partial charge in [-0.3, -0.25) is 0 Å². The molecule has 0 N–H and O–H groups in total. The fourth-order valence-corrected chi connectivity index (χ4v) is 3.16. The summed E-state index contributed by atoms with van der Waals surface area (Å²) >= 11 is 6.64. The Morgan fingerprint density at radius 3 is 2.68 bits per heavy atom. The van der Waals surface area contributed by atoms with Gasteiger partial charge in [0.2, 0.25) is 0 Å². The summed E-state index contributed by atoms with van der Waals surface area (Å²) in [5.41, 5.74) is 0.118. The summed E-state index contributed by atoms with van der Waals surface area (Å²) in [6.45, 7) is 1.82. The molecule has 1 aromatic carbocycles. The standard InChI is InChI=1S/C12H12Br2F3NO/c13-6-9-7-19-4-3-18(9)11-2-1-8(5-10(11)14)12(15,16)17/h1-2,5,9H,3-4,6-7H2. The lowest BCUT2D eigenvalue weighted by molar-refractivity contribution is -0.137. The molecule has 1 aromatic rings. The Morgan fingerprint density at radius 2 is 2.11 bits per heavy atom. The van der Waals surface area contributed by atoms with E-state index in [0.717, 1.165) is 17.8 Å². The Balaban J connectivity index is 2.30. The van der Waals surface area contributed by atoms with Crippen LogP contribution in [0, 0.1) is 0 Å². The van der Waals surface area contributed by atoms with Crippen LogP contribution in [0.25, 0.3) is 0 Å². The second-order valence-electron chi connectivity index (χ2n) is 4.24. The van der Waals surface area contributed by atoms with Crippen LogP contribution >= 0.6 is 31.9 Å². The first-order chi connectivity index (χ1) is 8.93. The Labute approximate surface area is 126 Å². The molecule has 0 radical (unpaired) electrons. The van der Waals surface area contributed by atoms with Gasteiger partial charge < -0.3 is 9.64 Å². The summed E-state index contributed by atoms with van der Waals surface area (Å²) in [6.07, 6.45) is -4.32. The van der Waals surface area contributed by atoms with Gasteiger partial charge in [0, 0.05) is 16.3 Å². The number of ether oxygens (including phenoxy) is 1. The van der Waals surface area contributed by atoms with E-state index in [9.17, 15) is 13.2 Å². The largest absolute Gasteiger partial charge is 0.416 e. The molecule has 19 heavy (non-hydrogen) atoms. The van der Waals surface area contributed by atoms with Gasteiger partial charge in [-0.05, 0) is 34.1 Å². The van der Waals surface area contributed by atoms with Crippen LogP contribution in [0.3, 0.4) is 0 Å². The summed E-state index contributed by atoms with van der Waals surface area (Å²) in [4.78, 5) is 2.06. The van der Waals surface area contributed by atoms with E-state index in [4.69, 9.17) is 4.74 Å². The molecule has 1 atom stereocenters. The number of nitrogens with zero attached hydrogens (tertiary/aromatic N) is 1. The molecule has 0 saturated carbocycles. The van der Waals surface area contributed by atoms with Crippen LogP contribution < -0.4 is 4.90 Å².